The molecule has 0 radical (unpaired) electrons. The molecule has 1 heterocycles. The number of carbonyl (C=O) groups is 1. The minimum Gasteiger partial charge on any atom is -0.497 e. The fraction of sp³-hybridized carbons (Fsp3) is 0.208. The third kappa shape index (κ3) is 4.69. The number of nitrogens with one attached hydrogen (secondary N) is 1. The third-order valence-electron chi connectivity index (χ3n) is 5.01. The molecular formula is C24H24N2O3. The Kier molecular flexibility index (Phi) is 5.66. The average Bonchev–Trinajstić information content (AvgIpc) is 3.31. The van der Waals surface area contributed by atoms with Crippen LogP contribution in [0, 0.1) is 0 Å². The van der Waals surface area contributed by atoms with E-state index in [2.05, 4.69) is 10.2 Å². The molecule has 29 heavy (non-hydrogen) atoms. The van der Waals surface area contributed by atoms with Crippen molar-refractivity contribution in [3.63, 3.8) is 0 Å². The van der Waals surface area contributed by atoms with Gasteiger partial charge in [-0.1, -0.05) is 0 Å². The van der Waals surface area contributed by atoms with Crippen LogP contribution in [0.2, 0.25) is 0 Å². The number of ether oxygens (including phenoxy) is 2. The monoisotopic (exact) mass is 388 g/mol. The molecule has 1 saturated heterocycles. The van der Waals surface area contributed by atoms with Crippen molar-refractivity contribution < 1.29 is 14.3 Å². The van der Waals surface area contributed by atoms with Crippen molar-refractivity contribution in [3.8, 4) is 17.2 Å². The zero-order chi connectivity index (χ0) is 20.1. The van der Waals surface area contributed by atoms with E-state index in [1.807, 2.05) is 72.8 Å². The minimum atomic E-state index is -0.123. The van der Waals surface area contributed by atoms with Crippen LogP contribution in [0.4, 0.5) is 11.4 Å². The summed E-state index contributed by atoms with van der Waals surface area (Å²) in [6.45, 7) is 2.19. The first-order chi connectivity index (χ1) is 14.2. The van der Waals surface area contributed by atoms with Crippen molar-refractivity contribution >= 4 is 17.3 Å². The Morgan fingerprint density at radius 2 is 1.34 bits per heavy atom. The van der Waals surface area contributed by atoms with Crippen LogP contribution in [0.1, 0.15) is 23.2 Å². The van der Waals surface area contributed by atoms with Gasteiger partial charge in [-0.25, -0.2) is 0 Å². The first-order valence-corrected chi connectivity index (χ1v) is 9.79. The summed E-state index contributed by atoms with van der Waals surface area (Å²) in [5.74, 6) is 2.08. The van der Waals surface area contributed by atoms with E-state index in [0.29, 0.717) is 11.3 Å². The highest BCUT2D eigenvalue weighted by Gasteiger charge is 2.13. The van der Waals surface area contributed by atoms with E-state index in [0.717, 1.165) is 30.3 Å². The van der Waals surface area contributed by atoms with Crippen LogP contribution in [0.5, 0.6) is 17.2 Å². The van der Waals surface area contributed by atoms with Gasteiger partial charge in [-0.3, -0.25) is 4.79 Å². The van der Waals surface area contributed by atoms with E-state index >= 15 is 0 Å². The van der Waals surface area contributed by atoms with E-state index in [9.17, 15) is 4.79 Å². The first-order valence-electron chi connectivity index (χ1n) is 9.79. The lowest BCUT2D eigenvalue weighted by Crippen LogP contribution is -2.18. The Labute approximate surface area is 170 Å². The lowest BCUT2D eigenvalue weighted by atomic mass is 10.1. The van der Waals surface area contributed by atoms with Crippen LogP contribution in [0.25, 0.3) is 0 Å². The van der Waals surface area contributed by atoms with Crippen LogP contribution in [-0.2, 0) is 0 Å². The van der Waals surface area contributed by atoms with Crippen LogP contribution >= 0.6 is 0 Å². The van der Waals surface area contributed by atoms with Gasteiger partial charge < -0.3 is 19.7 Å². The second-order valence-electron chi connectivity index (χ2n) is 7.00. The lowest BCUT2D eigenvalue weighted by Gasteiger charge is -2.17. The predicted molar refractivity (Wildman–Crippen MR) is 115 cm³/mol. The molecule has 148 valence electrons. The average molecular weight is 388 g/mol. The molecule has 1 amide bonds. The molecule has 5 heteroatoms. The molecule has 1 aliphatic rings. The Morgan fingerprint density at radius 3 is 1.93 bits per heavy atom. The molecular weight excluding hydrogens is 364 g/mol. The smallest absolute Gasteiger partial charge is 0.255 e. The van der Waals surface area contributed by atoms with Gasteiger partial charge in [-0.15, -0.1) is 0 Å². The topological polar surface area (TPSA) is 50.8 Å². The van der Waals surface area contributed by atoms with Gasteiger partial charge in [-0.2, -0.15) is 0 Å². The summed E-state index contributed by atoms with van der Waals surface area (Å²) in [6, 6.07) is 22.5. The van der Waals surface area contributed by atoms with Crippen molar-refractivity contribution in [2.45, 2.75) is 12.8 Å². The van der Waals surface area contributed by atoms with E-state index in [-0.39, 0.29) is 5.91 Å². The number of benzene rings is 3. The third-order valence-corrected chi connectivity index (χ3v) is 5.01. The zero-order valence-corrected chi connectivity index (χ0v) is 16.4. The number of methoxy groups -OCH3 is 1. The maximum Gasteiger partial charge on any atom is 0.255 e. The summed E-state index contributed by atoms with van der Waals surface area (Å²) in [5, 5.41) is 2.93. The van der Waals surface area contributed by atoms with Crippen molar-refractivity contribution in [2.24, 2.45) is 0 Å². The summed E-state index contributed by atoms with van der Waals surface area (Å²) in [7, 11) is 1.63. The molecule has 4 rings (SSSR count). The van der Waals surface area contributed by atoms with Crippen molar-refractivity contribution in [3.05, 3.63) is 78.4 Å². The number of rotatable bonds is 6. The molecule has 3 aromatic rings. The zero-order valence-electron chi connectivity index (χ0n) is 16.4. The second-order valence-corrected chi connectivity index (χ2v) is 7.00. The van der Waals surface area contributed by atoms with Crippen molar-refractivity contribution in [1.82, 2.24) is 0 Å². The van der Waals surface area contributed by atoms with Crippen LogP contribution in [0.15, 0.2) is 72.8 Å². The molecule has 0 saturated carbocycles. The maximum atomic E-state index is 12.5. The largest absolute Gasteiger partial charge is 0.497 e. The fourth-order valence-corrected chi connectivity index (χ4v) is 3.39. The lowest BCUT2D eigenvalue weighted by molar-refractivity contribution is 0.102. The highest BCUT2D eigenvalue weighted by Crippen LogP contribution is 2.25. The van der Waals surface area contributed by atoms with Gasteiger partial charge in [-0.05, 0) is 85.6 Å². The van der Waals surface area contributed by atoms with E-state index in [1.165, 1.54) is 18.5 Å². The van der Waals surface area contributed by atoms with Gasteiger partial charge in [0.2, 0.25) is 0 Å². The summed E-state index contributed by atoms with van der Waals surface area (Å²) >= 11 is 0. The predicted octanol–water partition coefficient (Wildman–Crippen LogP) is 5.34. The standard InChI is InChI=1S/C24H24N2O3/c1-28-21-12-14-23(15-13-21)29-22-10-6-19(7-11-22)25-24(27)18-4-8-20(9-5-18)26-16-2-3-17-26/h4-15H,2-3,16-17H2,1H3,(H,25,27). The van der Waals surface area contributed by atoms with Gasteiger partial charge in [0, 0.05) is 30.0 Å². The number of hydrogen-bond acceptors (Lipinski definition) is 4. The second kappa shape index (κ2) is 8.69. The summed E-state index contributed by atoms with van der Waals surface area (Å²) in [4.78, 5) is 14.9. The van der Waals surface area contributed by atoms with Crippen LogP contribution in [0.3, 0.4) is 0 Å². The van der Waals surface area contributed by atoms with Gasteiger partial charge in [0.15, 0.2) is 0 Å². The summed E-state index contributed by atoms with van der Waals surface area (Å²) < 4.78 is 11.0. The molecule has 5 nitrogen and oxygen atoms in total. The van der Waals surface area contributed by atoms with Gasteiger partial charge in [0.1, 0.15) is 17.2 Å². The molecule has 1 aliphatic heterocycles. The molecule has 1 fully saturated rings. The quantitative estimate of drug-likeness (QED) is 0.619. The van der Waals surface area contributed by atoms with Gasteiger partial charge >= 0.3 is 0 Å². The molecule has 0 aliphatic carbocycles. The summed E-state index contributed by atoms with van der Waals surface area (Å²) in [6.07, 6.45) is 2.47. The number of carbonyl (C=O) groups excluding carboxylic acids is 1. The Bertz CT molecular complexity index is 945. The maximum absolute atomic E-state index is 12.5. The fourth-order valence-electron chi connectivity index (χ4n) is 3.39. The Morgan fingerprint density at radius 1 is 0.793 bits per heavy atom. The van der Waals surface area contributed by atoms with E-state index in [1.54, 1.807) is 7.11 Å². The van der Waals surface area contributed by atoms with Gasteiger partial charge in [0.05, 0.1) is 7.11 Å². The molecule has 0 atom stereocenters. The van der Waals surface area contributed by atoms with Crippen molar-refractivity contribution in [1.29, 1.82) is 0 Å². The number of nitrogens with zero attached hydrogens (tertiary/aromatic N) is 1. The normalized spacial score (nSPS) is 13.2. The van der Waals surface area contributed by atoms with E-state index < -0.39 is 0 Å². The minimum absolute atomic E-state index is 0.123. The molecule has 0 unspecified atom stereocenters. The molecule has 0 spiro atoms. The highest BCUT2D eigenvalue weighted by atomic mass is 16.5. The summed E-state index contributed by atoms with van der Waals surface area (Å²) in [5.41, 5.74) is 2.55. The Balaban J connectivity index is 1.35. The molecule has 1 N–H and O–H groups in total. The molecule has 0 aromatic heterocycles. The van der Waals surface area contributed by atoms with Crippen molar-refractivity contribution in [2.75, 3.05) is 30.4 Å². The van der Waals surface area contributed by atoms with Gasteiger partial charge in [0.25, 0.3) is 5.91 Å². The first kappa shape index (κ1) is 18.9. The number of amides is 1. The number of hydrogen-bond donors (Lipinski definition) is 1. The van der Waals surface area contributed by atoms with Crippen LogP contribution < -0.4 is 19.7 Å². The number of anilines is 2. The van der Waals surface area contributed by atoms with Crippen LogP contribution in [-0.4, -0.2) is 26.1 Å². The molecule has 3 aromatic carbocycles. The SMILES string of the molecule is COc1ccc(Oc2ccc(NC(=O)c3ccc(N4CCCC4)cc3)cc2)cc1. The molecule has 0 bridgehead atoms. The van der Waals surface area contributed by atoms with E-state index in [4.69, 9.17) is 9.47 Å². The Hall–Kier alpha value is -3.47. The highest BCUT2D eigenvalue weighted by molar-refractivity contribution is 6.04.